The minimum atomic E-state index is -1.06. The Hall–Kier alpha value is -3.79. The lowest BCUT2D eigenvalue weighted by atomic mass is 10.1. The van der Waals surface area contributed by atoms with Gasteiger partial charge in [-0.05, 0) is 60.4 Å². The molecule has 0 aliphatic heterocycles. The number of methoxy groups -OCH3 is 1. The summed E-state index contributed by atoms with van der Waals surface area (Å²) in [6.45, 7) is 4.79. The first kappa shape index (κ1) is 22.5. The van der Waals surface area contributed by atoms with E-state index < -0.39 is 11.9 Å². The number of anilines is 1. The van der Waals surface area contributed by atoms with Crippen LogP contribution < -0.4 is 14.8 Å². The fraction of sp³-hybridized carbons (Fsp3) is 0.261. The van der Waals surface area contributed by atoms with Crippen LogP contribution in [0.15, 0.2) is 48.0 Å². The van der Waals surface area contributed by atoms with E-state index in [1.165, 1.54) is 37.5 Å². The van der Waals surface area contributed by atoms with Crippen molar-refractivity contribution < 1.29 is 24.2 Å². The maximum absolute atomic E-state index is 12.4. The van der Waals surface area contributed by atoms with Crippen molar-refractivity contribution in [3.8, 4) is 17.6 Å². The van der Waals surface area contributed by atoms with Crippen LogP contribution in [0.25, 0.3) is 6.08 Å². The Labute approximate surface area is 175 Å². The molecule has 2 N–H and O–H groups in total. The molecule has 0 fully saturated rings. The number of benzene rings is 2. The van der Waals surface area contributed by atoms with Gasteiger partial charge in [0.25, 0.3) is 5.91 Å². The molecule has 0 heterocycles. The summed E-state index contributed by atoms with van der Waals surface area (Å²) in [5, 5.41) is 20.9. The second kappa shape index (κ2) is 10.7. The van der Waals surface area contributed by atoms with Crippen molar-refractivity contribution in [2.24, 2.45) is 5.92 Å². The van der Waals surface area contributed by atoms with E-state index >= 15 is 0 Å². The first-order valence-electron chi connectivity index (χ1n) is 9.41. The molecule has 0 radical (unpaired) electrons. The number of carboxylic acids is 1. The molecule has 0 aromatic heterocycles. The van der Waals surface area contributed by atoms with Crippen LogP contribution in [0.5, 0.6) is 11.5 Å². The Morgan fingerprint density at radius 3 is 2.43 bits per heavy atom. The van der Waals surface area contributed by atoms with Gasteiger partial charge in [-0.2, -0.15) is 5.26 Å². The predicted molar refractivity (Wildman–Crippen MR) is 114 cm³/mol. The van der Waals surface area contributed by atoms with E-state index in [9.17, 15) is 14.9 Å². The number of nitrogens with zero attached hydrogens (tertiary/aromatic N) is 1. The summed E-state index contributed by atoms with van der Waals surface area (Å²) >= 11 is 0. The molecule has 30 heavy (non-hydrogen) atoms. The Morgan fingerprint density at radius 2 is 1.87 bits per heavy atom. The van der Waals surface area contributed by atoms with Crippen molar-refractivity contribution in [2.45, 2.75) is 20.3 Å². The molecule has 0 unspecified atom stereocenters. The van der Waals surface area contributed by atoms with Gasteiger partial charge in [0.2, 0.25) is 0 Å². The van der Waals surface area contributed by atoms with Gasteiger partial charge in [-0.1, -0.05) is 19.9 Å². The molecule has 0 atom stereocenters. The van der Waals surface area contributed by atoms with Gasteiger partial charge in [0.1, 0.15) is 11.6 Å². The number of ether oxygens (including phenoxy) is 2. The zero-order chi connectivity index (χ0) is 22.1. The minimum absolute atomic E-state index is 0.104. The highest BCUT2D eigenvalue weighted by Gasteiger charge is 2.12. The third-order valence-corrected chi connectivity index (χ3v) is 4.21. The maximum Gasteiger partial charge on any atom is 0.335 e. The average Bonchev–Trinajstić information content (AvgIpc) is 2.72. The summed E-state index contributed by atoms with van der Waals surface area (Å²) in [4.78, 5) is 23.3. The lowest BCUT2D eigenvalue weighted by Gasteiger charge is -2.12. The number of amides is 1. The van der Waals surface area contributed by atoms with E-state index in [4.69, 9.17) is 14.6 Å². The van der Waals surface area contributed by atoms with Gasteiger partial charge >= 0.3 is 5.97 Å². The predicted octanol–water partition coefficient (Wildman–Crippen LogP) is 4.36. The molecule has 7 heteroatoms. The SMILES string of the molecule is COc1cc(/C=C(\C#N)C(=O)Nc2ccc(C(=O)O)cc2)ccc1OCCC(C)C. The number of aromatic carboxylic acids is 1. The van der Waals surface area contributed by atoms with Crippen molar-refractivity contribution in [2.75, 3.05) is 19.0 Å². The van der Waals surface area contributed by atoms with Gasteiger partial charge in [-0.25, -0.2) is 4.79 Å². The fourth-order valence-corrected chi connectivity index (χ4v) is 2.51. The van der Waals surface area contributed by atoms with Crippen molar-refractivity contribution in [1.29, 1.82) is 5.26 Å². The monoisotopic (exact) mass is 408 g/mol. The molecule has 0 spiro atoms. The quantitative estimate of drug-likeness (QED) is 0.471. The lowest BCUT2D eigenvalue weighted by Crippen LogP contribution is -2.13. The van der Waals surface area contributed by atoms with Crippen molar-refractivity contribution in [3.05, 3.63) is 59.2 Å². The van der Waals surface area contributed by atoms with Gasteiger partial charge in [0.05, 0.1) is 19.3 Å². The first-order chi connectivity index (χ1) is 14.3. The molecule has 0 aliphatic rings. The molecule has 2 rings (SSSR count). The summed E-state index contributed by atoms with van der Waals surface area (Å²) < 4.78 is 11.1. The second-order valence-electron chi connectivity index (χ2n) is 6.95. The highest BCUT2D eigenvalue weighted by molar-refractivity contribution is 6.09. The second-order valence-corrected chi connectivity index (χ2v) is 6.95. The zero-order valence-corrected chi connectivity index (χ0v) is 17.1. The minimum Gasteiger partial charge on any atom is -0.493 e. The van der Waals surface area contributed by atoms with Crippen molar-refractivity contribution >= 4 is 23.6 Å². The van der Waals surface area contributed by atoms with Gasteiger partial charge in [-0.3, -0.25) is 4.79 Å². The van der Waals surface area contributed by atoms with Crippen LogP contribution in [0.1, 0.15) is 36.2 Å². The van der Waals surface area contributed by atoms with E-state index in [-0.39, 0.29) is 11.1 Å². The van der Waals surface area contributed by atoms with E-state index in [0.717, 1.165) is 6.42 Å². The summed E-state index contributed by atoms with van der Waals surface area (Å²) in [6, 6.07) is 12.7. The molecule has 2 aromatic carbocycles. The van der Waals surface area contributed by atoms with Crippen LogP contribution >= 0.6 is 0 Å². The first-order valence-corrected chi connectivity index (χ1v) is 9.41. The molecule has 0 aliphatic carbocycles. The van der Waals surface area contributed by atoms with Gasteiger partial charge < -0.3 is 19.9 Å². The number of nitriles is 1. The average molecular weight is 408 g/mol. The Kier molecular flexibility index (Phi) is 8.00. The molecule has 156 valence electrons. The van der Waals surface area contributed by atoms with Crippen LogP contribution in [0, 0.1) is 17.2 Å². The summed E-state index contributed by atoms with van der Waals surface area (Å²) in [5.74, 6) is -0.0330. The highest BCUT2D eigenvalue weighted by Crippen LogP contribution is 2.29. The lowest BCUT2D eigenvalue weighted by molar-refractivity contribution is -0.112. The normalized spacial score (nSPS) is 11.0. The van der Waals surface area contributed by atoms with E-state index in [0.29, 0.717) is 35.3 Å². The molecular formula is C23H24N2O5. The van der Waals surface area contributed by atoms with Crippen LogP contribution in [0.2, 0.25) is 0 Å². The van der Waals surface area contributed by atoms with Crippen molar-refractivity contribution in [3.63, 3.8) is 0 Å². The van der Waals surface area contributed by atoms with Crippen molar-refractivity contribution in [1.82, 2.24) is 0 Å². The van der Waals surface area contributed by atoms with Crippen LogP contribution in [0.4, 0.5) is 5.69 Å². The number of hydrogen-bond acceptors (Lipinski definition) is 5. The molecule has 0 bridgehead atoms. The van der Waals surface area contributed by atoms with Crippen LogP contribution in [0.3, 0.4) is 0 Å². The molecule has 2 aromatic rings. The largest absolute Gasteiger partial charge is 0.493 e. The highest BCUT2D eigenvalue weighted by atomic mass is 16.5. The number of carboxylic acid groups (broad SMARTS) is 1. The van der Waals surface area contributed by atoms with E-state index in [1.807, 2.05) is 6.07 Å². The van der Waals surface area contributed by atoms with Crippen LogP contribution in [-0.2, 0) is 4.79 Å². The number of carbonyl (C=O) groups excluding carboxylic acids is 1. The van der Waals surface area contributed by atoms with Gasteiger partial charge in [0, 0.05) is 5.69 Å². The number of rotatable bonds is 9. The third kappa shape index (κ3) is 6.38. The number of nitrogens with one attached hydrogen (secondary N) is 1. The van der Waals surface area contributed by atoms with E-state index in [1.54, 1.807) is 18.2 Å². The number of hydrogen-bond donors (Lipinski definition) is 2. The zero-order valence-electron chi connectivity index (χ0n) is 17.1. The molecule has 0 saturated heterocycles. The third-order valence-electron chi connectivity index (χ3n) is 4.21. The Balaban J connectivity index is 2.14. The molecule has 0 saturated carbocycles. The molecular weight excluding hydrogens is 384 g/mol. The van der Waals surface area contributed by atoms with Gasteiger partial charge in [0.15, 0.2) is 11.5 Å². The molecule has 1 amide bonds. The Morgan fingerprint density at radius 1 is 1.17 bits per heavy atom. The van der Waals surface area contributed by atoms with Crippen LogP contribution in [-0.4, -0.2) is 30.7 Å². The summed E-state index contributed by atoms with van der Waals surface area (Å²) in [7, 11) is 1.52. The maximum atomic E-state index is 12.4. The topological polar surface area (TPSA) is 109 Å². The summed E-state index contributed by atoms with van der Waals surface area (Å²) in [5.41, 5.74) is 0.994. The Bertz CT molecular complexity index is 972. The fourth-order valence-electron chi connectivity index (χ4n) is 2.51. The standard InChI is InChI=1S/C23H24N2O5/c1-15(2)10-11-30-20-9-4-16(13-21(20)29-3)12-18(14-24)22(26)25-19-7-5-17(6-8-19)23(27)28/h4-9,12-13,15H,10-11H2,1-3H3,(H,25,26)(H,27,28)/b18-12+. The smallest absolute Gasteiger partial charge is 0.335 e. The number of carbonyl (C=O) groups is 2. The van der Waals surface area contributed by atoms with Gasteiger partial charge in [-0.15, -0.1) is 0 Å². The molecule has 7 nitrogen and oxygen atoms in total. The van der Waals surface area contributed by atoms with E-state index in [2.05, 4.69) is 19.2 Å². The summed E-state index contributed by atoms with van der Waals surface area (Å²) in [6.07, 6.45) is 2.36.